The van der Waals surface area contributed by atoms with Gasteiger partial charge in [0.1, 0.15) is 11.8 Å². The molecule has 2 N–H and O–H groups in total. The lowest BCUT2D eigenvalue weighted by Gasteiger charge is -2.28. The number of anilines is 1. The lowest BCUT2D eigenvalue weighted by molar-refractivity contribution is -0.121. The SMILES string of the molecule is COc1ccc(Cl)cc1C(=O)N1CCCC1C(=O)N(C)c1ccc(C(N)=O)cc1. The average Bonchev–Trinajstić information content (AvgIpc) is 3.22. The van der Waals surface area contributed by atoms with Crippen molar-refractivity contribution in [2.24, 2.45) is 5.73 Å². The van der Waals surface area contributed by atoms with Crippen LogP contribution in [-0.2, 0) is 4.79 Å². The van der Waals surface area contributed by atoms with Crippen LogP contribution in [-0.4, -0.2) is 49.4 Å². The van der Waals surface area contributed by atoms with E-state index in [-0.39, 0.29) is 11.8 Å². The Morgan fingerprint density at radius 2 is 1.86 bits per heavy atom. The van der Waals surface area contributed by atoms with Gasteiger partial charge in [0.2, 0.25) is 11.8 Å². The van der Waals surface area contributed by atoms with Crippen LogP contribution in [0.15, 0.2) is 42.5 Å². The van der Waals surface area contributed by atoms with E-state index in [0.717, 1.165) is 6.42 Å². The highest BCUT2D eigenvalue weighted by molar-refractivity contribution is 6.31. The molecule has 0 saturated carbocycles. The van der Waals surface area contributed by atoms with Crippen LogP contribution in [0.2, 0.25) is 5.02 Å². The Morgan fingerprint density at radius 1 is 1.17 bits per heavy atom. The number of hydrogen-bond acceptors (Lipinski definition) is 4. The number of hydrogen-bond donors (Lipinski definition) is 1. The third-order valence-electron chi connectivity index (χ3n) is 5.06. The summed E-state index contributed by atoms with van der Waals surface area (Å²) in [6.45, 7) is 0.472. The third-order valence-corrected chi connectivity index (χ3v) is 5.30. The maximum atomic E-state index is 13.1. The monoisotopic (exact) mass is 415 g/mol. The summed E-state index contributed by atoms with van der Waals surface area (Å²) in [5.41, 5.74) is 6.56. The van der Waals surface area contributed by atoms with Crippen molar-refractivity contribution in [1.82, 2.24) is 4.90 Å². The zero-order chi connectivity index (χ0) is 21.1. The number of halogens is 1. The van der Waals surface area contributed by atoms with Gasteiger partial charge in [-0.05, 0) is 55.3 Å². The average molecular weight is 416 g/mol. The molecule has 0 aliphatic carbocycles. The molecule has 152 valence electrons. The van der Waals surface area contributed by atoms with Crippen LogP contribution < -0.4 is 15.4 Å². The van der Waals surface area contributed by atoms with E-state index in [9.17, 15) is 14.4 Å². The number of rotatable bonds is 5. The number of primary amides is 1. The first-order valence-electron chi connectivity index (χ1n) is 9.15. The number of carbonyl (C=O) groups is 3. The summed E-state index contributed by atoms with van der Waals surface area (Å²) in [5.74, 6) is -0.622. The Kier molecular flexibility index (Phi) is 6.08. The molecule has 1 aliphatic heterocycles. The third kappa shape index (κ3) is 4.19. The highest BCUT2D eigenvalue weighted by Crippen LogP contribution is 2.29. The smallest absolute Gasteiger partial charge is 0.258 e. The molecule has 29 heavy (non-hydrogen) atoms. The summed E-state index contributed by atoms with van der Waals surface area (Å²) in [4.78, 5) is 40.5. The van der Waals surface area contributed by atoms with Crippen molar-refractivity contribution in [2.45, 2.75) is 18.9 Å². The second-order valence-corrected chi connectivity index (χ2v) is 7.25. The van der Waals surface area contributed by atoms with Gasteiger partial charge in [-0.2, -0.15) is 0 Å². The number of carbonyl (C=O) groups excluding carboxylic acids is 3. The standard InChI is InChI=1S/C21H22ClN3O4/c1-24(15-8-5-13(6-9-15)19(23)26)21(28)17-4-3-11-25(17)20(27)16-12-14(22)7-10-18(16)29-2/h5-10,12,17H,3-4,11H2,1-2H3,(H2,23,26). The predicted octanol–water partition coefficient (Wildman–Crippen LogP) is 2.72. The van der Waals surface area contributed by atoms with Gasteiger partial charge in [0.05, 0.1) is 12.7 Å². The number of amides is 3. The molecule has 0 aromatic heterocycles. The molecule has 1 unspecified atom stereocenters. The molecule has 0 bridgehead atoms. The van der Waals surface area contributed by atoms with Gasteiger partial charge in [-0.1, -0.05) is 11.6 Å². The molecule has 2 aromatic rings. The number of likely N-dealkylation sites (N-methyl/N-ethyl adjacent to an activating group) is 1. The first-order chi connectivity index (χ1) is 13.8. The highest BCUT2D eigenvalue weighted by atomic mass is 35.5. The maximum Gasteiger partial charge on any atom is 0.258 e. The molecular weight excluding hydrogens is 394 g/mol. The van der Waals surface area contributed by atoms with E-state index in [1.54, 1.807) is 54.4 Å². The van der Waals surface area contributed by atoms with Crippen molar-refractivity contribution in [3.63, 3.8) is 0 Å². The number of benzene rings is 2. The van der Waals surface area contributed by atoms with E-state index >= 15 is 0 Å². The van der Waals surface area contributed by atoms with Crippen molar-refractivity contribution >= 4 is 35.0 Å². The van der Waals surface area contributed by atoms with E-state index in [1.165, 1.54) is 12.0 Å². The summed E-state index contributed by atoms with van der Waals surface area (Å²) in [5, 5.41) is 0.419. The Morgan fingerprint density at radius 3 is 2.48 bits per heavy atom. The van der Waals surface area contributed by atoms with Crippen molar-refractivity contribution in [3.05, 3.63) is 58.6 Å². The second-order valence-electron chi connectivity index (χ2n) is 6.81. The molecule has 1 saturated heterocycles. The first-order valence-corrected chi connectivity index (χ1v) is 9.53. The fourth-order valence-corrected chi connectivity index (χ4v) is 3.64. The zero-order valence-electron chi connectivity index (χ0n) is 16.2. The molecular formula is C21H22ClN3O4. The minimum atomic E-state index is -0.591. The number of ether oxygens (including phenoxy) is 1. The fourth-order valence-electron chi connectivity index (χ4n) is 3.47. The Hall–Kier alpha value is -3.06. The van der Waals surface area contributed by atoms with Crippen molar-refractivity contribution < 1.29 is 19.1 Å². The summed E-state index contributed by atoms with van der Waals surface area (Å²) < 4.78 is 5.28. The Balaban J connectivity index is 1.82. The molecule has 0 spiro atoms. The molecule has 8 heteroatoms. The van der Waals surface area contributed by atoms with Gasteiger partial charge in [-0.15, -0.1) is 0 Å². The molecule has 7 nitrogen and oxygen atoms in total. The molecule has 1 heterocycles. The Labute approximate surface area is 174 Å². The molecule has 0 radical (unpaired) electrons. The van der Waals surface area contributed by atoms with Gasteiger partial charge in [0, 0.05) is 29.9 Å². The zero-order valence-corrected chi connectivity index (χ0v) is 17.0. The van der Waals surface area contributed by atoms with Gasteiger partial charge in [0.25, 0.3) is 5.91 Å². The topological polar surface area (TPSA) is 92.9 Å². The molecule has 3 rings (SSSR count). The highest BCUT2D eigenvalue weighted by Gasteiger charge is 2.37. The van der Waals surface area contributed by atoms with E-state index < -0.39 is 11.9 Å². The molecule has 1 aliphatic rings. The Bertz CT molecular complexity index is 945. The number of likely N-dealkylation sites (tertiary alicyclic amines) is 1. The summed E-state index contributed by atoms with van der Waals surface area (Å²) in [6, 6.07) is 10.7. The second kappa shape index (κ2) is 8.53. The summed E-state index contributed by atoms with van der Waals surface area (Å²) in [7, 11) is 3.12. The van der Waals surface area contributed by atoms with Crippen LogP contribution in [0.25, 0.3) is 0 Å². The summed E-state index contributed by atoms with van der Waals surface area (Å²) >= 11 is 6.05. The first kappa shape index (κ1) is 20.7. The largest absolute Gasteiger partial charge is 0.496 e. The van der Waals surface area contributed by atoms with Gasteiger partial charge < -0.3 is 20.3 Å². The van der Waals surface area contributed by atoms with Crippen LogP contribution in [0.1, 0.15) is 33.6 Å². The number of methoxy groups -OCH3 is 1. The van der Waals surface area contributed by atoms with E-state index in [4.69, 9.17) is 22.1 Å². The quantitative estimate of drug-likeness (QED) is 0.812. The normalized spacial score (nSPS) is 15.8. The van der Waals surface area contributed by atoms with Gasteiger partial charge in [-0.25, -0.2) is 0 Å². The summed E-state index contributed by atoms with van der Waals surface area (Å²) in [6.07, 6.45) is 1.29. The minimum absolute atomic E-state index is 0.205. The van der Waals surface area contributed by atoms with Gasteiger partial charge >= 0.3 is 0 Å². The number of nitrogens with zero attached hydrogens (tertiary/aromatic N) is 2. The lowest BCUT2D eigenvalue weighted by atomic mass is 10.1. The molecule has 1 fully saturated rings. The van der Waals surface area contributed by atoms with E-state index in [1.807, 2.05) is 0 Å². The maximum absolute atomic E-state index is 13.1. The fraction of sp³-hybridized carbons (Fsp3) is 0.286. The van der Waals surface area contributed by atoms with Crippen LogP contribution in [0.4, 0.5) is 5.69 Å². The molecule has 3 amide bonds. The van der Waals surface area contributed by atoms with Crippen LogP contribution in [0.5, 0.6) is 5.75 Å². The van der Waals surface area contributed by atoms with Crippen LogP contribution in [0.3, 0.4) is 0 Å². The van der Waals surface area contributed by atoms with Crippen molar-refractivity contribution in [3.8, 4) is 5.75 Å². The van der Waals surface area contributed by atoms with Crippen molar-refractivity contribution in [1.29, 1.82) is 0 Å². The molecule has 2 aromatic carbocycles. The van der Waals surface area contributed by atoms with Gasteiger partial charge in [0.15, 0.2) is 0 Å². The van der Waals surface area contributed by atoms with Crippen molar-refractivity contribution in [2.75, 3.05) is 25.6 Å². The molecule has 1 atom stereocenters. The van der Waals surface area contributed by atoms with E-state index in [2.05, 4.69) is 0 Å². The van der Waals surface area contributed by atoms with E-state index in [0.29, 0.717) is 40.6 Å². The lowest BCUT2D eigenvalue weighted by Crippen LogP contribution is -2.46. The van der Waals surface area contributed by atoms with Crippen LogP contribution in [0, 0.1) is 0 Å². The van der Waals surface area contributed by atoms with Crippen LogP contribution >= 0.6 is 11.6 Å². The minimum Gasteiger partial charge on any atom is -0.496 e. The van der Waals surface area contributed by atoms with Gasteiger partial charge in [-0.3, -0.25) is 14.4 Å². The predicted molar refractivity (Wildman–Crippen MR) is 110 cm³/mol. The number of nitrogens with two attached hydrogens (primary N) is 1.